The Bertz CT molecular complexity index is 322. The first kappa shape index (κ1) is 11.0. The van der Waals surface area contributed by atoms with Crippen molar-refractivity contribution in [3.8, 4) is 0 Å². The van der Waals surface area contributed by atoms with Crippen LogP contribution in [0.2, 0.25) is 0 Å². The Labute approximate surface area is 94.1 Å². The topological polar surface area (TPSA) is 50.9 Å². The quantitative estimate of drug-likeness (QED) is 0.751. The van der Waals surface area contributed by atoms with Crippen LogP contribution in [-0.4, -0.2) is 25.6 Å². The summed E-state index contributed by atoms with van der Waals surface area (Å²) in [6.45, 7) is 3.00. The summed E-state index contributed by atoms with van der Waals surface area (Å²) in [6.07, 6.45) is 3.77. The van der Waals surface area contributed by atoms with Gasteiger partial charge in [-0.1, -0.05) is 18.7 Å². The van der Waals surface area contributed by atoms with Crippen molar-refractivity contribution in [3.05, 3.63) is 5.82 Å². The molecule has 1 N–H and O–H groups in total. The first-order valence-electron chi connectivity index (χ1n) is 5.51. The third-order valence-corrected chi connectivity index (χ3v) is 3.73. The van der Waals surface area contributed by atoms with Crippen molar-refractivity contribution < 1.29 is 5.11 Å². The van der Waals surface area contributed by atoms with E-state index in [1.54, 1.807) is 11.8 Å². The molecule has 0 atom stereocenters. The number of hydrogen-bond donors (Lipinski definition) is 1. The molecule has 1 heterocycles. The van der Waals surface area contributed by atoms with Gasteiger partial charge < -0.3 is 9.67 Å². The molecule has 0 spiro atoms. The summed E-state index contributed by atoms with van der Waals surface area (Å²) in [7, 11) is 0. The lowest BCUT2D eigenvalue weighted by molar-refractivity contribution is 0.263. The number of aliphatic hydroxyl groups excluding tert-OH is 1. The fourth-order valence-electron chi connectivity index (χ4n) is 1.47. The first-order chi connectivity index (χ1) is 7.35. The van der Waals surface area contributed by atoms with E-state index in [0.29, 0.717) is 5.82 Å². The van der Waals surface area contributed by atoms with Crippen LogP contribution in [0.3, 0.4) is 0 Å². The molecular weight excluding hydrogens is 210 g/mol. The molecule has 1 aliphatic carbocycles. The fourth-order valence-corrected chi connectivity index (χ4v) is 2.64. The molecule has 15 heavy (non-hydrogen) atoms. The first-order valence-corrected chi connectivity index (χ1v) is 6.49. The maximum atomic E-state index is 9.12. The number of aromatic nitrogens is 3. The molecule has 1 aromatic rings. The van der Waals surface area contributed by atoms with E-state index in [2.05, 4.69) is 17.1 Å². The zero-order valence-corrected chi connectivity index (χ0v) is 9.83. The number of hydrogen-bond acceptors (Lipinski definition) is 4. The van der Waals surface area contributed by atoms with Gasteiger partial charge in [0, 0.05) is 12.3 Å². The summed E-state index contributed by atoms with van der Waals surface area (Å²) >= 11 is 1.77. The lowest BCUT2D eigenvalue weighted by Gasteiger charge is -2.06. The normalized spacial score (nSPS) is 15.9. The van der Waals surface area contributed by atoms with Gasteiger partial charge in [-0.25, -0.2) is 0 Å². The summed E-state index contributed by atoms with van der Waals surface area (Å²) in [5.74, 6) is 2.72. The Morgan fingerprint density at radius 3 is 2.87 bits per heavy atom. The maximum Gasteiger partial charge on any atom is 0.191 e. The van der Waals surface area contributed by atoms with Crippen LogP contribution in [0.5, 0.6) is 0 Å². The van der Waals surface area contributed by atoms with Crippen molar-refractivity contribution >= 4 is 11.8 Å². The average molecular weight is 227 g/mol. The second kappa shape index (κ2) is 4.99. The van der Waals surface area contributed by atoms with Gasteiger partial charge in [-0.05, 0) is 25.2 Å². The molecule has 5 heteroatoms. The van der Waals surface area contributed by atoms with Gasteiger partial charge in [0.15, 0.2) is 11.0 Å². The molecule has 1 saturated carbocycles. The highest BCUT2D eigenvalue weighted by atomic mass is 32.2. The van der Waals surface area contributed by atoms with E-state index in [4.69, 9.17) is 5.11 Å². The van der Waals surface area contributed by atoms with Gasteiger partial charge in [0.2, 0.25) is 0 Å². The minimum absolute atomic E-state index is 0.0169. The van der Waals surface area contributed by atoms with Crippen molar-refractivity contribution in [1.29, 1.82) is 0 Å². The fraction of sp³-hybridized carbons (Fsp3) is 0.800. The second-order valence-electron chi connectivity index (χ2n) is 3.96. The maximum absolute atomic E-state index is 9.12. The minimum atomic E-state index is -0.0169. The monoisotopic (exact) mass is 227 g/mol. The predicted octanol–water partition coefficient (Wildman–Crippen LogP) is 1.68. The predicted molar refractivity (Wildman–Crippen MR) is 59.7 cm³/mol. The van der Waals surface area contributed by atoms with Crippen LogP contribution in [0.1, 0.15) is 32.0 Å². The van der Waals surface area contributed by atoms with E-state index in [1.807, 2.05) is 4.57 Å². The molecule has 1 fully saturated rings. The molecule has 0 unspecified atom stereocenters. The summed E-state index contributed by atoms with van der Waals surface area (Å²) in [4.78, 5) is 0. The smallest absolute Gasteiger partial charge is 0.191 e. The van der Waals surface area contributed by atoms with E-state index in [0.717, 1.165) is 29.8 Å². The third kappa shape index (κ3) is 2.72. The summed E-state index contributed by atoms with van der Waals surface area (Å²) in [5, 5.41) is 18.2. The van der Waals surface area contributed by atoms with Gasteiger partial charge >= 0.3 is 0 Å². The molecule has 1 aromatic heterocycles. The second-order valence-corrected chi connectivity index (χ2v) is 4.95. The van der Waals surface area contributed by atoms with Crippen molar-refractivity contribution in [3.63, 3.8) is 0 Å². The van der Waals surface area contributed by atoms with Crippen LogP contribution in [0, 0.1) is 5.92 Å². The highest BCUT2D eigenvalue weighted by Crippen LogP contribution is 2.34. The molecule has 4 nitrogen and oxygen atoms in total. The molecular formula is C10H17N3OS. The zero-order valence-electron chi connectivity index (χ0n) is 9.02. The molecule has 2 rings (SSSR count). The Kier molecular flexibility index (Phi) is 3.64. The SMILES string of the molecule is CCCn1c(CO)nnc1SCC1CC1. The van der Waals surface area contributed by atoms with Crippen molar-refractivity contribution in [2.45, 2.75) is 44.5 Å². The average Bonchev–Trinajstić information content (AvgIpc) is 2.99. The van der Waals surface area contributed by atoms with Crippen LogP contribution < -0.4 is 0 Å². The Morgan fingerprint density at radius 2 is 2.27 bits per heavy atom. The van der Waals surface area contributed by atoms with Crippen LogP contribution in [0.25, 0.3) is 0 Å². The largest absolute Gasteiger partial charge is 0.388 e. The lowest BCUT2D eigenvalue weighted by Crippen LogP contribution is -2.05. The van der Waals surface area contributed by atoms with E-state index >= 15 is 0 Å². The number of nitrogens with zero attached hydrogens (tertiary/aromatic N) is 3. The molecule has 0 amide bonds. The molecule has 1 aliphatic rings. The number of thioether (sulfide) groups is 1. The highest BCUT2D eigenvalue weighted by Gasteiger charge is 2.22. The van der Waals surface area contributed by atoms with Crippen molar-refractivity contribution in [1.82, 2.24) is 14.8 Å². The van der Waals surface area contributed by atoms with E-state index < -0.39 is 0 Å². The summed E-state index contributed by atoms with van der Waals surface area (Å²) in [5.41, 5.74) is 0. The molecule has 0 radical (unpaired) electrons. The highest BCUT2D eigenvalue weighted by molar-refractivity contribution is 7.99. The molecule has 0 bridgehead atoms. The Hall–Kier alpha value is -0.550. The minimum Gasteiger partial charge on any atom is -0.388 e. The Balaban J connectivity index is 2.02. The molecule has 0 aromatic carbocycles. The van der Waals surface area contributed by atoms with Gasteiger partial charge in [-0.2, -0.15) is 0 Å². The molecule has 84 valence electrons. The van der Waals surface area contributed by atoms with Crippen LogP contribution in [-0.2, 0) is 13.2 Å². The van der Waals surface area contributed by atoms with E-state index in [9.17, 15) is 0 Å². The van der Waals surface area contributed by atoms with E-state index in [-0.39, 0.29) is 6.61 Å². The van der Waals surface area contributed by atoms with Crippen LogP contribution in [0.15, 0.2) is 5.16 Å². The van der Waals surface area contributed by atoms with Gasteiger partial charge in [0.25, 0.3) is 0 Å². The van der Waals surface area contributed by atoms with Gasteiger partial charge in [0.05, 0.1) is 0 Å². The standard InChI is InChI=1S/C10H17N3OS/c1-2-5-13-9(6-14)11-12-10(13)15-7-8-3-4-8/h8,14H,2-7H2,1H3. The van der Waals surface area contributed by atoms with Gasteiger partial charge in [0.1, 0.15) is 6.61 Å². The van der Waals surface area contributed by atoms with Crippen molar-refractivity contribution in [2.24, 2.45) is 5.92 Å². The Morgan fingerprint density at radius 1 is 1.47 bits per heavy atom. The lowest BCUT2D eigenvalue weighted by atomic mass is 10.4. The third-order valence-electron chi connectivity index (χ3n) is 2.53. The van der Waals surface area contributed by atoms with E-state index in [1.165, 1.54) is 12.8 Å². The zero-order chi connectivity index (χ0) is 10.7. The summed E-state index contributed by atoms with van der Waals surface area (Å²) in [6, 6.07) is 0. The van der Waals surface area contributed by atoms with Crippen LogP contribution >= 0.6 is 11.8 Å². The molecule has 0 saturated heterocycles. The van der Waals surface area contributed by atoms with Crippen molar-refractivity contribution in [2.75, 3.05) is 5.75 Å². The number of aliphatic hydroxyl groups is 1. The number of rotatable bonds is 6. The van der Waals surface area contributed by atoms with Gasteiger partial charge in [-0.3, -0.25) is 0 Å². The van der Waals surface area contributed by atoms with Crippen LogP contribution in [0.4, 0.5) is 0 Å². The summed E-state index contributed by atoms with van der Waals surface area (Å²) < 4.78 is 2.03. The van der Waals surface area contributed by atoms with Gasteiger partial charge in [-0.15, -0.1) is 10.2 Å². The molecule has 0 aliphatic heterocycles.